The van der Waals surface area contributed by atoms with Crippen LogP contribution in [0.15, 0.2) is 48.5 Å². The number of fused-ring (bicyclic) bond motifs is 3. The second-order valence-electron chi connectivity index (χ2n) is 4.27. The average Bonchev–Trinajstić information content (AvgIpc) is 2.42. The molecule has 84 valence electrons. The molecule has 0 aliphatic carbocycles. The highest BCUT2D eigenvalue weighted by Gasteiger charge is 2.02. The van der Waals surface area contributed by atoms with Gasteiger partial charge in [-0.05, 0) is 56.2 Å². The first kappa shape index (κ1) is 9.41. The minimum absolute atomic E-state index is 0.771. The quantitative estimate of drug-likeness (QED) is 0.437. The van der Waals surface area contributed by atoms with Crippen LogP contribution in [0.25, 0.3) is 32.6 Å². The van der Waals surface area contributed by atoms with Crippen molar-refractivity contribution in [3.63, 3.8) is 0 Å². The van der Waals surface area contributed by atoms with Crippen molar-refractivity contribution in [3.8, 4) is 0 Å². The fraction of sp³-hybridized carbons (Fsp3) is 0. The summed E-state index contributed by atoms with van der Waals surface area (Å²) in [6, 6.07) is 16.6. The Bertz CT molecular complexity index is 742. The van der Waals surface area contributed by atoms with Gasteiger partial charge in [0.25, 0.3) is 0 Å². The first-order valence-corrected chi connectivity index (χ1v) is 5.68. The third-order valence-electron chi connectivity index (χ3n) is 3.14. The second-order valence-corrected chi connectivity index (χ2v) is 4.27. The summed E-state index contributed by atoms with van der Waals surface area (Å²) in [5.74, 6) is 0. The molecular weight excluding hydrogens is 224 g/mol. The van der Waals surface area contributed by atoms with Crippen LogP contribution in [-0.4, -0.2) is 20.6 Å². The van der Waals surface area contributed by atoms with Gasteiger partial charge in [-0.15, -0.1) is 10.2 Å². The lowest BCUT2D eigenvalue weighted by Gasteiger charge is -2.03. The topological polar surface area (TPSA) is 51.6 Å². The molecule has 4 heteroatoms. The van der Waals surface area contributed by atoms with Crippen LogP contribution in [0.4, 0.5) is 0 Å². The number of aromatic nitrogens is 4. The predicted octanol–water partition coefficient (Wildman–Crippen LogP) is 2.73. The lowest BCUT2D eigenvalue weighted by Crippen LogP contribution is -1.92. The number of hydrogen-bond acceptors (Lipinski definition) is 4. The maximum atomic E-state index is 3.99. The Balaban J connectivity index is 2.20. The molecule has 0 N–H and O–H groups in total. The van der Waals surface area contributed by atoms with E-state index in [1.807, 2.05) is 24.3 Å². The second kappa shape index (κ2) is 3.43. The van der Waals surface area contributed by atoms with Crippen molar-refractivity contribution in [3.05, 3.63) is 48.5 Å². The molecule has 0 fully saturated rings. The Morgan fingerprint density at radius 3 is 1.56 bits per heavy atom. The van der Waals surface area contributed by atoms with Gasteiger partial charge in [-0.1, -0.05) is 24.3 Å². The summed E-state index contributed by atoms with van der Waals surface area (Å²) in [7, 11) is 0. The molecule has 0 aliphatic rings. The molecular formula is C14H8N4. The molecule has 0 unspecified atom stereocenters. The van der Waals surface area contributed by atoms with Crippen molar-refractivity contribution in [2.24, 2.45) is 0 Å². The number of nitrogens with zero attached hydrogens (tertiary/aromatic N) is 4. The Morgan fingerprint density at radius 1 is 0.556 bits per heavy atom. The summed E-state index contributed by atoms with van der Waals surface area (Å²) >= 11 is 0. The molecule has 1 heterocycles. The normalized spacial score (nSPS) is 11.3. The fourth-order valence-electron chi connectivity index (χ4n) is 2.26. The summed E-state index contributed by atoms with van der Waals surface area (Å²) < 4.78 is 0. The zero-order valence-corrected chi connectivity index (χ0v) is 9.41. The first-order chi connectivity index (χ1) is 8.90. The van der Waals surface area contributed by atoms with Crippen LogP contribution in [0.3, 0.4) is 0 Å². The van der Waals surface area contributed by atoms with E-state index in [9.17, 15) is 0 Å². The lowest BCUT2D eigenvalue weighted by atomic mass is 10.0. The summed E-state index contributed by atoms with van der Waals surface area (Å²) in [5, 5.41) is 19.8. The molecule has 0 aliphatic heterocycles. The predicted molar refractivity (Wildman–Crippen MR) is 70.1 cm³/mol. The highest BCUT2D eigenvalue weighted by Crippen LogP contribution is 2.25. The van der Waals surface area contributed by atoms with Crippen molar-refractivity contribution in [1.29, 1.82) is 0 Å². The Labute approximate surface area is 102 Å². The molecule has 4 nitrogen and oxygen atoms in total. The van der Waals surface area contributed by atoms with Crippen LogP contribution in [-0.2, 0) is 0 Å². The molecule has 3 aromatic carbocycles. The maximum absolute atomic E-state index is 3.99. The van der Waals surface area contributed by atoms with Gasteiger partial charge in [0.15, 0.2) is 0 Å². The molecule has 0 radical (unpaired) electrons. The molecule has 0 atom stereocenters. The Hall–Kier alpha value is -2.62. The van der Waals surface area contributed by atoms with E-state index in [-0.39, 0.29) is 0 Å². The van der Waals surface area contributed by atoms with Crippen LogP contribution < -0.4 is 0 Å². The molecule has 0 spiro atoms. The zero-order chi connectivity index (χ0) is 11.9. The van der Waals surface area contributed by atoms with Gasteiger partial charge in [-0.25, -0.2) is 0 Å². The Morgan fingerprint density at radius 2 is 1.06 bits per heavy atom. The third kappa shape index (κ3) is 1.32. The van der Waals surface area contributed by atoms with Gasteiger partial charge in [0, 0.05) is 0 Å². The summed E-state index contributed by atoms with van der Waals surface area (Å²) in [6.07, 6.45) is 0. The third-order valence-corrected chi connectivity index (χ3v) is 3.14. The molecule has 18 heavy (non-hydrogen) atoms. The van der Waals surface area contributed by atoms with E-state index in [0.29, 0.717) is 0 Å². The van der Waals surface area contributed by atoms with Crippen LogP contribution in [0.1, 0.15) is 0 Å². The SMILES string of the molecule is c1ccc2cc3cc4nnnnc4cc3cc2c1. The number of benzene rings is 3. The zero-order valence-electron chi connectivity index (χ0n) is 9.41. The van der Waals surface area contributed by atoms with Crippen LogP contribution in [0, 0.1) is 0 Å². The maximum Gasteiger partial charge on any atom is 0.116 e. The van der Waals surface area contributed by atoms with Crippen molar-refractivity contribution in [2.75, 3.05) is 0 Å². The van der Waals surface area contributed by atoms with Gasteiger partial charge in [0.2, 0.25) is 0 Å². The molecule has 0 saturated heterocycles. The van der Waals surface area contributed by atoms with E-state index < -0.39 is 0 Å². The van der Waals surface area contributed by atoms with Gasteiger partial charge in [0.1, 0.15) is 11.0 Å². The monoisotopic (exact) mass is 232 g/mol. The largest absolute Gasteiger partial charge is 0.127 e. The highest BCUT2D eigenvalue weighted by atomic mass is 15.4. The molecule has 4 aromatic rings. The lowest BCUT2D eigenvalue weighted by molar-refractivity contribution is 0.797. The molecule has 1 aromatic heterocycles. The Kier molecular flexibility index (Phi) is 1.80. The van der Waals surface area contributed by atoms with Crippen molar-refractivity contribution < 1.29 is 0 Å². The van der Waals surface area contributed by atoms with Gasteiger partial charge in [-0.3, -0.25) is 0 Å². The van der Waals surface area contributed by atoms with E-state index in [1.54, 1.807) is 0 Å². The highest BCUT2D eigenvalue weighted by molar-refractivity contribution is 6.02. The van der Waals surface area contributed by atoms with E-state index in [0.717, 1.165) is 21.8 Å². The van der Waals surface area contributed by atoms with Crippen LogP contribution in [0.5, 0.6) is 0 Å². The van der Waals surface area contributed by atoms with Gasteiger partial charge in [0.05, 0.1) is 0 Å². The van der Waals surface area contributed by atoms with E-state index in [1.165, 1.54) is 10.8 Å². The summed E-state index contributed by atoms with van der Waals surface area (Å²) in [6.45, 7) is 0. The number of hydrogen-bond donors (Lipinski definition) is 0. The number of rotatable bonds is 0. The van der Waals surface area contributed by atoms with E-state index in [4.69, 9.17) is 0 Å². The smallest absolute Gasteiger partial charge is 0.116 e. The van der Waals surface area contributed by atoms with E-state index >= 15 is 0 Å². The fourth-order valence-corrected chi connectivity index (χ4v) is 2.26. The van der Waals surface area contributed by atoms with Crippen molar-refractivity contribution >= 4 is 32.6 Å². The van der Waals surface area contributed by atoms with Crippen molar-refractivity contribution in [2.45, 2.75) is 0 Å². The van der Waals surface area contributed by atoms with E-state index in [2.05, 4.69) is 44.9 Å². The minimum Gasteiger partial charge on any atom is -0.127 e. The summed E-state index contributed by atoms with van der Waals surface area (Å²) in [5.41, 5.74) is 1.54. The molecule has 0 bridgehead atoms. The van der Waals surface area contributed by atoms with Crippen LogP contribution in [0.2, 0.25) is 0 Å². The standard InChI is InChI=1S/C14H8N4/c1-2-4-10-6-12-8-14-13(15-17-18-16-14)7-11(12)5-9(10)3-1/h1-8H. The van der Waals surface area contributed by atoms with Gasteiger partial charge >= 0.3 is 0 Å². The van der Waals surface area contributed by atoms with Gasteiger partial charge < -0.3 is 0 Å². The van der Waals surface area contributed by atoms with Gasteiger partial charge in [-0.2, -0.15) is 0 Å². The minimum atomic E-state index is 0.771. The average molecular weight is 232 g/mol. The summed E-state index contributed by atoms with van der Waals surface area (Å²) in [4.78, 5) is 0. The first-order valence-electron chi connectivity index (χ1n) is 5.68. The molecule has 4 rings (SSSR count). The molecule has 0 saturated carbocycles. The molecule has 0 amide bonds. The van der Waals surface area contributed by atoms with Crippen molar-refractivity contribution in [1.82, 2.24) is 20.6 Å². The van der Waals surface area contributed by atoms with Crippen LogP contribution >= 0.6 is 0 Å².